The average molecular weight is 221 g/mol. The van der Waals surface area contributed by atoms with Crippen molar-refractivity contribution in [2.45, 2.75) is 39.9 Å². The zero-order chi connectivity index (χ0) is 12.0. The van der Waals surface area contributed by atoms with Crippen LogP contribution in [0.5, 0.6) is 0 Å². The second kappa shape index (κ2) is 6.61. The van der Waals surface area contributed by atoms with E-state index in [4.69, 9.17) is 0 Å². The maximum atomic E-state index is 4.63. The normalized spacial score (nSPS) is 11.4. The second-order valence-corrected chi connectivity index (χ2v) is 4.49. The van der Waals surface area contributed by atoms with Crippen LogP contribution in [0.15, 0.2) is 18.2 Å². The molecule has 1 heterocycles. The summed E-state index contributed by atoms with van der Waals surface area (Å²) in [6, 6.07) is 6.75. The van der Waals surface area contributed by atoms with E-state index in [2.05, 4.69) is 61.2 Å². The molecule has 3 heteroatoms. The Kier molecular flexibility index (Phi) is 5.43. The second-order valence-electron chi connectivity index (χ2n) is 4.49. The largest absolute Gasteiger partial charge is 0.309 e. The van der Waals surface area contributed by atoms with Crippen molar-refractivity contribution in [3.05, 3.63) is 29.6 Å². The van der Waals surface area contributed by atoms with E-state index in [0.717, 1.165) is 31.0 Å². The van der Waals surface area contributed by atoms with E-state index >= 15 is 0 Å². The highest BCUT2D eigenvalue weighted by Crippen LogP contribution is 2.02. The Morgan fingerprint density at radius 3 is 2.62 bits per heavy atom. The van der Waals surface area contributed by atoms with Gasteiger partial charge in [-0.15, -0.1) is 0 Å². The van der Waals surface area contributed by atoms with Gasteiger partial charge in [0, 0.05) is 19.1 Å². The molecule has 3 nitrogen and oxygen atoms in total. The number of hydrogen-bond acceptors (Lipinski definition) is 3. The molecule has 0 saturated carbocycles. The van der Waals surface area contributed by atoms with E-state index in [1.165, 1.54) is 0 Å². The number of rotatable bonds is 6. The van der Waals surface area contributed by atoms with Gasteiger partial charge in [-0.1, -0.05) is 26.8 Å². The van der Waals surface area contributed by atoms with Crippen LogP contribution < -0.4 is 5.32 Å². The molecular weight excluding hydrogens is 198 g/mol. The van der Waals surface area contributed by atoms with E-state index < -0.39 is 0 Å². The van der Waals surface area contributed by atoms with Crippen LogP contribution in [0.3, 0.4) is 0 Å². The van der Waals surface area contributed by atoms with Gasteiger partial charge < -0.3 is 10.2 Å². The Morgan fingerprint density at radius 1 is 1.31 bits per heavy atom. The number of nitrogens with one attached hydrogen (secondary N) is 1. The Balaban J connectivity index is 2.56. The predicted molar refractivity (Wildman–Crippen MR) is 68.2 cm³/mol. The van der Waals surface area contributed by atoms with Gasteiger partial charge >= 0.3 is 0 Å². The lowest BCUT2D eigenvalue weighted by Crippen LogP contribution is -2.23. The summed E-state index contributed by atoms with van der Waals surface area (Å²) in [7, 11) is 2.11. The molecule has 0 aliphatic carbocycles. The van der Waals surface area contributed by atoms with Crippen molar-refractivity contribution in [1.29, 1.82) is 0 Å². The van der Waals surface area contributed by atoms with Crippen LogP contribution in [-0.4, -0.2) is 29.5 Å². The number of pyridine rings is 1. The van der Waals surface area contributed by atoms with Gasteiger partial charge in [0.2, 0.25) is 0 Å². The van der Waals surface area contributed by atoms with Crippen molar-refractivity contribution in [2.24, 2.45) is 0 Å². The smallest absolute Gasteiger partial charge is 0.0547 e. The minimum atomic E-state index is 0.503. The highest BCUT2D eigenvalue weighted by atomic mass is 15.1. The van der Waals surface area contributed by atoms with E-state index in [0.29, 0.717) is 6.04 Å². The fourth-order valence-corrected chi connectivity index (χ4v) is 1.41. The zero-order valence-electron chi connectivity index (χ0n) is 10.8. The van der Waals surface area contributed by atoms with E-state index in [1.807, 2.05) is 0 Å². The van der Waals surface area contributed by atoms with Crippen molar-refractivity contribution in [1.82, 2.24) is 15.2 Å². The predicted octanol–water partition coefficient (Wildman–Crippen LogP) is 2.03. The lowest BCUT2D eigenvalue weighted by atomic mass is 10.2. The highest BCUT2D eigenvalue weighted by Gasteiger charge is 2.01. The molecule has 0 amide bonds. The summed E-state index contributed by atoms with van der Waals surface area (Å²) in [6.45, 7) is 9.27. The van der Waals surface area contributed by atoms with Crippen LogP contribution in [0, 0.1) is 0 Å². The molecule has 0 fully saturated rings. The molecule has 16 heavy (non-hydrogen) atoms. The molecule has 0 radical (unpaired) electrons. The number of nitrogens with zero attached hydrogens (tertiary/aromatic N) is 2. The molecule has 0 aliphatic rings. The van der Waals surface area contributed by atoms with Gasteiger partial charge in [-0.3, -0.25) is 4.98 Å². The zero-order valence-corrected chi connectivity index (χ0v) is 10.8. The average Bonchev–Trinajstić information content (AvgIpc) is 2.26. The van der Waals surface area contributed by atoms with Crippen molar-refractivity contribution in [3.63, 3.8) is 0 Å². The van der Waals surface area contributed by atoms with Gasteiger partial charge in [-0.05, 0) is 25.7 Å². The van der Waals surface area contributed by atoms with Gasteiger partial charge in [0.1, 0.15) is 0 Å². The lowest BCUT2D eigenvalue weighted by molar-refractivity contribution is 0.341. The van der Waals surface area contributed by atoms with Crippen LogP contribution in [0.2, 0.25) is 0 Å². The molecule has 1 aromatic heterocycles. The monoisotopic (exact) mass is 221 g/mol. The molecule has 0 bridgehead atoms. The van der Waals surface area contributed by atoms with Crippen molar-refractivity contribution < 1.29 is 0 Å². The fourth-order valence-electron chi connectivity index (χ4n) is 1.41. The molecule has 90 valence electrons. The van der Waals surface area contributed by atoms with Crippen molar-refractivity contribution in [3.8, 4) is 0 Å². The fraction of sp³-hybridized carbons (Fsp3) is 0.615. The third-order valence-corrected chi connectivity index (χ3v) is 2.53. The Morgan fingerprint density at radius 2 is 2.00 bits per heavy atom. The summed E-state index contributed by atoms with van der Waals surface area (Å²) in [6.07, 6.45) is 0. The Bertz CT molecular complexity index is 310. The summed E-state index contributed by atoms with van der Waals surface area (Å²) in [5.74, 6) is 0. The third kappa shape index (κ3) is 4.73. The molecule has 0 spiro atoms. The molecule has 0 aromatic carbocycles. The highest BCUT2D eigenvalue weighted by molar-refractivity contribution is 5.11. The molecule has 0 saturated heterocycles. The van der Waals surface area contributed by atoms with Gasteiger partial charge in [-0.25, -0.2) is 0 Å². The topological polar surface area (TPSA) is 28.2 Å². The molecule has 1 rings (SSSR count). The minimum Gasteiger partial charge on any atom is -0.309 e. The molecule has 1 N–H and O–H groups in total. The van der Waals surface area contributed by atoms with Crippen LogP contribution in [0.4, 0.5) is 0 Å². The van der Waals surface area contributed by atoms with E-state index in [9.17, 15) is 0 Å². The first-order valence-electron chi connectivity index (χ1n) is 5.98. The van der Waals surface area contributed by atoms with E-state index in [-0.39, 0.29) is 0 Å². The molecule has 0 aliphatic heterocycles. The lowest BCUT2D eigenvalue weighted by Gasteiger charge is -2.14. The number of aromatic nitrogens is 1. The Labute approximate surface area is 98.9 Å². The maximum absolute atomic E-state index is 4.63. The standard InChI is InChI=1S/C13H23N3/c1-5-16(4)10-13-8-6-7-12(15-13)9-14-11(2)3/h6-8,11,14H,5,9-10H2,1-4H3. The first kappa shape index (κ1) is 13.1. The molecular formula is C13H23N3. The summed E-state index contributed by atoms with van der Waals surface area (Å²) in [5.41, 5.74) is 2.27. The quantitative estimate of drug-likeness (QED) is 0.796. The third-order valence-electron chi connectivity index (χ3n) is 2.53. The summed E-state index contributed by atoms with van der Waals surface area (Å²) < 4.78 is 0. The molecule has 1 aromatic rings. The number of hydrogen-bond donors (Lipinski definition) is 1. The summed E-state index contributed by atoms with van der Waals surface area (Å²) in [4.78, 5) is 6.88. The van der Waals surface area contributed by atoms with Gasteiger partial charge in [0.15, 0.2) is 0 Å². The molecule has 0 atom stereocenters. The molecule has 0 unspecified atom stereocenters. The maximum Gasteiger partial charge on any atom is 0.0547 e. The first-order valence-corrected chi connectivity index (χ1v) is 5.98. The SMILES string of the molecule is CCN(C)Cc1cccc(CNC(C)C)n1. The van der Waals surface area contributed by atoms with Gasteiger partial charge in [0.25, 0.3) is 0 Å². The van der Waals surface area contributed by atoms with Gasteiger partial charge in [0.05, 0.1) is 11.4 Å². The van der Waals surface area contributed by atoms with E-state index in [1.54, 1.807) is 0 Å². The van der Waals surface area contributed by atoms with Crippen molar-refractivity contribution in [2.75, 3.05) is 13.6 Å². The Hall–Kier alpha value is -0.930. The summed E-state index contributed by atoms with van der Waals surface area (Å²) >= 11 is 0. The van der Waals surface area contributed by atoms with Gasteiger partial charge in [-0.2, -0.15) is 0 Å². The minimum absolute atomic E-state index is 0.503. The first-order chi connectivity index (χ1) is 7.61. The van der Waals surface area contributed by atoms with Crippen LogP contribution in [0.1, 0.15) is 32.2 Å². The van der Waals surface area contributed by atoms with Crippen LogP contribution >= 0.6 is 0 Å². The van der Waals surface area contributed by atoms with Crippen molar-refractivity contribution >= 4 is 0 Å². The van der Waals surface area contributed by atoms with Crippen LogP contribution in [0.25, 0.3) is 0 Å². The van der Waals surface area contributed by atoms with Crippen LogP contribution in [-0.2, 0) is 13.1 Å². The summed E-state index contributed by atoms with van der Waals surface area (Å²) in [5, 5.41) is 3.38.